The molecule has 2 aromatic carbocycles. The van der Waals surface area contributed by atoms with Gasteiger partial charge in [-0.1, -0.05) is 17.7 Å². The molecule has 8 heteroatoms. The number of aromatic nitrogens is 2. The molecule has 1 aromatic heterocycles. The Morgan fingerprint density at radius 2 is 1.96 bits per heavy atom. The summed E-state index contributed by atoms with van der Waals surface area (Å²) in [5, 5.41) is 3.01. The van der Waals surface area contributed by atoms with Crippen LogP contribution in [0.15, 0.2) is 47.4 Å². The van der Waals surface area contributed by atoms with E-state index < -0.39 is 17.2 Å². The van der Waals surface area contributed by atoms with Crippen molar-refractivity contribution < 1.29 is 13.5 Å². The zero-order valence-electron chi connectivity index (χ0n) is 15.3. The number of nitrogens with zero attached hydrogens (tertiary/aromatic N) is 2. The summed E-state index contributed by atoms with van der Waals surface area (Å²) in [5.41, 5.74) is 1.20. The number of aryl methyl sites for hydroxylation is 1. The topological polar surface area (TPSA) is 56.1 Å². The van der Waals surface area contributed by atoms with E-state index in [1.165, 1.54) is 22.8 Å². The zero-order valence-corrected chi connectivity index (χ0v) is 16.1. The predicted octanol–water partition coefficient (Wildman–Crippen LogP) is 4.67. The molecule has 0 saturated carbocycles. The quantitative estimate of drug-likeness (QED) is 0.647. The SMILES string of the molecule is CCOc1ccc(Nc2nc(=O)c(F)cn2Cc2ccc(F)c(Cl)c2)c(C)c1. The van der Waals surface area contributed by atoms with Gasteiger partial charge in [0, 0.05) is 11.9 Å². The number of halogens is 3. The van der Waals surface area contributed by atoms with Crippen molar-refractivity contribution in [3.63, 3.8) is 0 Å². The lowest BCUT2D eigenvalue weighted by molar-refractivity contribution is 0.340. The molecule has 146 valence electrons. The molecular formula is C20H18ClF2N3O2. The number of hydrogen-bond donors (Lipinski definition) is 1. The Morgan fingerprint density at radius 1 is 1.18 bits per heavy atom. The highest BCUT2D eigenvalue weighted by atomic mass is 35.5. The molecule has 0 aliphatic rings. The van der Waals surface area contributed by atoms with Crippen molar-refractivity contribution in [2.75, 3.05) is 11.9 Å². The first kappa shape index (κ1) is 19.8. The molecule has 0 aliphatic carbocycles. The van der Waals surface area contributed by atoms with E-state index in [4.69, 9.17) is 16.3 Å². The number of nitrogens with one attached hydrogen (secondary N) is 1. The molecule has 3 aromatic rings. The van der Waals surface area contributed by atoms with Gasteiger partial charge in [-0.25, -0.2) is 4.39 Å². The minimum absolute atomic E-state index is 0.0381. The predicted molar refractivity (Wildman–Crippen MR) is 105 cm³/mol. The molecule has 0 bridgehead atoms. The standard InChI is InChI=1S/C20H18ClF2N3O2/c1-3-28-14-5-7-18(12(2)8-14)24-20-25-19(27)17(23)11-26(20)10-13-4-6-16(22)15(21)9-13/h4-9,11H,3,10H2,1-2H3,(H,24,25,27). The van der Waals surface area contributed by atoms with Gasteiger partial charge in [0.15, 0.2) is 0 Å². The van der Waals surface area contributed by atoms with Crippen LogP contribution in [0.2, 0.25) is 5.02 Å². The molecule has 0 radical (unpaired) electrons. The largest absolute Gasteiger partial charge is 0.494 e. The average molecular weight is 406 g/mol. The first-order valence-corrected chi connectivity index (χ1v) is 8.96. The molecular weight excluding hydrogens is 388 g/mol. The lowest BCUT2D eigenvalue weighted by Gasteiger charge is -2.16. The van der Waals surface area contributed by atoms with Crippen LogP contribution in [-0.2, 0) is 6.54 Å². The third kappa shape index (κ3) is 4.48. The van der Waals surface area contributed by atoms with Crippen molar-refractivity contribution in [1.82, 2.24) is 9.55 Å². The number of benzene rings is 2. The van der Waals surface area contributed by atoms with Crippen molar-refractivity contribution in [3.8, 4) is 5.75 Å². The van der Waals surface area contributed by atoms with E-state index >= 15 is 0 Å². The van der Waals surface area contributed by atoms with Gasteiger partial charge >= 0.3 is 5.56 Å². The van der Waals surface area contributed by atoms with Crippen LogP contribution in [0.4, 0.5) is 20.4 Å². The Bertz CT molecular complexity index is 1070. The maximum absolute atomic E-state index is 13.8. The summed E-state index contributed by atoms with van der Waals surface area (Å²) in [7, 11) is 0. The Kier molecular flexibility index (Phi) is 5.94. The molecule has 0 unspecified atom stereocenters. The summed E-state index contributed by atoms with van der Waals surface area (Å²) >= 11 is 5.82. The molecule has 0 spiro atoms. The first-order valence-electron chi connectivity index (χ1n) is 8.58. The smallest absolute Gasteiger partial charge is 0.310 e. The Labute approximate surface area is 165 Å². The Balaban J connectivity index is 1.95. The molecule has 0 amide bonds. The number of hydrogen-bond acceptors (Lipinski definition) is 4. The van der Waals surface area contributed by atoms with E-state index in [9.17, 15) is 13.6 Å². The normalized spacial score (nSPS) is 10.8. The van der Waals surface area contributed by atoms with Gasteiger partial charge in [-0.15, -0.1) is 0 Å². The molecule has 0 fully saturated rings. The van der Waals surface area contributed by atoms with Gasteiger partial charge in [-0.05, 0) is 55.3 Å². The van der Waals surface area contributed by atoms with E-state index in [2.05, 4.69) is 10.3 Å². The molecule has 1 N–H and O–H groups in total. The second-order valence-corrected chi connectivity index (χ2v) is 6.54. The summed E-state index contributed by atoms with van der Waals surface area (Å²) in [5.74, 6) is -0.657. The maximum atomic E-state index is 13.8. The highest BCUT2D eigenvalue weighted by Crippen LogP contribution is 2.24. The third-order valence-corrected chi connectivity index (χ3v) is 4.33. The summed E-state index contributed by atoms with van der Waals surface area (Å²) in [6, 6.07) is 9.62. The van der Waals surface area contributed by atoms with Crippen molar-refractivity contribution in [2.45, 2.75) is 20.4 Å². The zero-order chi connectivity index (χ0) is 20.3. The monoisotopic (exact) mass is 405 g/mol. The lowest BCUT2D eigenvalue weighted by Crippen LogP contribution is -2.20. The summed E-state index contributed by atoms with van der Waals surface area (Å²) in [6.07, 6.45) is 1.05. The van der Waals surface area contributed by atoms with Gasteiger partial charge in [0.25, 0.3) is 0 Å². The van der Waals surface area contributed by atoms with Gasteiger partial charge in [0.2, 0.25) is 11.8 Å². The fourth-order valence-electron chi connectivity index (χ4n) is 2.68. The van der Waals surface area contributed by atoms with Gasteiger partial charge in [0.1, 0.15) is 11.6 Å². The first-order chi connectivity index (χ1) is 13.4. The van der Waals surface area contributed by atoms with Crippen LogP contribution in [0.1, 0.15) is 18.1 Å². The summed E-state index contributed by atoms with van der Waals surface area (Å²) in [4.78, 5) is 15.5. The van der Waals surface area contributed by atoms with E-state index in [0.29, 0.717) is 17.9 Å². The maximum Gasteiger partial charge on any atom is 0.310 e. The van der Waals surface area contributed by atoms with Crippen LogP contribution in [0.25, 0.3) is 0 Å². The average Bonchev–Trinajstić information content (AvgIpc) is 2.64. The van der Waals surface area contributed by atoms with E-state index in [-0.39, 0.29) is 17.5 Å². The lowest BCUT2D eigenvalue weighted by atomic mass is 10.2. The van der Waals surface area contributed by atoms with Crippen molar-refractivity contribution >= 4 is 23.2 Å². The van der Waals surface area contributed by atoms with E-state index in [1.54, 1.807) is 12.1 Å². The van der Waals surface area contributed by atoms with Crippen LogP contribution >= 0.6 is 11.6 Å². The molecule has 3 rings (SSSR count). The van der Waals surface area contributed by atoms with Crippen molar-refractivity contribution in [2.24, 2.45) is 0 Å². The molecule has 5 nitrogen and oxygen atoms in total. The summed E-state index contributed by atoms with van der Waals surface area (Å²) < 4.78 is 34.1. The van der Waals surface area contributed by atoms with Gasteiger partial charge < -0.3 is 14.6 Å². The highest BCUT2D eigenvalue weighted by Gasteiger charge is 2.12. The van der Waals surface area contributed by atoms with Crippen molar-refractivity contribution in [1.29, 1.82) is 0 Å². The Morgan fingerprint density at radius 3 is 2.64 bits per heavy atom. The van der Waals surface area contributed by atoms with Crippen molar-refractivity contribution in [3.05, 3.63) is 80.7 Å². The van der Waals surface area contributed by atoms with E-state index in [1.807, 2.05) is 19.9 Å². The second-order valence-electron chi connectivity index (χ2n) is 6.13. The molecule has 0 saturated heterocycles. The molecule has 0 aliphatic heterocycles. The molecule has 1 heterocycles. The minimum Gasteiger partial charge on any atom is -0.494 e. The van der Waals surface area contributed by atoms with Crippen LogP contribution < -0.4 is 15.6 Å². The minimum atomic E-state index is -0.984. The van der Waals surface area contributed by atoms with Crippen LogP contribution in [0.5, 0.6) is 5.75 Å². The van der Waals surface area contributed by atoms with Gasteiger partial charge in [-0.2, -0.15) is 9.37 Å². The number of ether oxygens (including phenoxy) is 1. The second kappa shape index (κ2) is 8.39. The number of anilines is 2. The highest BCUT2D eigenvalue weighted by molar-refractivity contribution is 6.30. The molecule has 0 atom stereocenters. The third-order valence-electron chi connectivity index (χ3n) is 4.05. The Hall–Kier alpha value is -2.93. The van der Waals surface area contributed by atoms with Crippen LogP contribution in [-0.4, -0.2) is 16.2 Å². The molecule has 28 heavy (non-hydrogen) atoms. The fraction of sp³-hybridized carbons (Fsp3) is 0.200. The van der Waals surface area contributed by atoms with Crippen LogP contribution in [0.3, 0.4) is 0 Å². The fourth-order valence-corrected chi connectivity index (χ4v) is 2.88. The van der Waals surface area contributed by atoms with Crippen LogP contribution in [0, 0.1) is 18.6 Å². The van der Waals surface area contributed by atoms with Gasteiger partial charge in [0.05, 0.1) is 18.2 Å². The van der Waals surface area contributed by atoms with Gasteiger partial charge in [-0.3, -0.25) is 4.79 Å². The van der Waals surface area contributed by atoms with E-state index in [0.717, 1.165) is 17.5 Å². The summed E-state index contributed by atoms with van der Waals surface area (Å²) in [6.45, 7) is 4.45. The number of rotatable bonds is 6.